The molecule has 2 amide bonds. The second kappa shape index (κ2) is 6.35. The third-order valence-electron chi connectivity index (χ3n) is 4.46. The fourth-order valence-corrected chi connectivity index (χ4v) is 4.06. The summed E-state index contributed by atoms with van der Waals surface area (Å²) in [6.45, 7) is 7.90. The normalized spacial score (nSPS) is 15.1. The molecule has 24 heavy (non-hydrogen) atoms. The molecule has 0 bridgehead atoms. The van der Waals surface area contributed by atoms with E-state index in [4.69, 9.17) is 0 Å². The third kappa shape index (κ3) is 2.71. The van der Waals surface area contributed by atoms with Crippen LogP contribution in [0.4, 0.5) is 0 Å². The monoisotopic (exact) mass is 348 g/mol. The largest absolute Gasteiger partial charge is 0.339 e. The average Bonchev–Trinajstić information content (AvgIpc) is 2.92. The van der Waals surface area contributed by atoms with Crippen LogP contribution in [0.25, 0.3) is 10.2 Å². The minimum atomic E-state index is -0.100. The molecule has 0 radical (unpaired) electrons. The van der Waals surface area contributed by atoms with Gasteiger partial charge in [-0.1, -0.05) is 0 Å². The summed E-state index contributed by atoms with van der Waals surface area (Å²) in [5.41, 5.74) is 0.603. The van der Waals surface area contributed by atoms with Gasteiger partial charge in [0.15, 0.2) is 0 Å². The molecule has 8 heteroatoms. The average molecular weight is 348 g/mol. The molecule has 0 spiro atoms. The number of piperazine rings is 1. The maximum Gasteiger partial charge on any atom is 0.264 e. The number of nitrogens with zero attached hydrogens (tertiary/aromatic N) is 4. The van der Waals surface area contributed by atoms with E-state index in [9.17, 15) is 14.4 Å². The second-order valence-electron chi connectivity index (χ2n) is 5.87. The fourth-order valence-electron chi connectivity index (χ4n) is 2.96. The minimum absolute atomic E-state index is 0.0319. The minimum Gasteiger partial charge on any atom is -0.339 e. The van der Waals surface area contributed by atoms with Gasteiger partial charge in [0.1, 0.15) is 4.83 Å². The molecule has 0 unspecified atom stereocenters. The molecule has 3 heterocycles. The third-order valence-corrected chi connectivity index (χ3v) is 5.65. The summed E-state index contributed by atoms with van der Waals surface area (Å²) in [5, 5.41) is 0.537. The highest BCUT2D eigenvalue weighted by Gasteiger charge is 2.27. The van der Waals surface area contributed by atoms with Crippen molar-refractivity contribution < 1.29 is 9.59 Å². The van der Waals surface area contributed by atoms with Crippen molar-refractivity contribution in [1.29, 1.82) is 0 Å². The van der Waals surface area contributed by atoms with Gasteiger partial charge in [-0.05, 0) is 19.4 Å². The van der Waals surface area contributed by atoms with Crippen molar-refractivity contribution in [2.24, 2.45) is 0 Å². The van der Waals surface area contributed by atoms with Gasteiger partial charge >= 0.3 is 0 Å². The SMILES string of the molecule is CCn1cnc2sc(C(=O)N3CCN(C(C)=O)CC3)c(C)c2c1=O. The van der Waals surface area contributed by atoms with Gasteiger partial charge in [-0.15, -0.1) is 11.3 Å². The van der Waals surface area contributed by atoms with Crippen LogP contribution in [0, 0.1) is 6.92 Å². The van der Waals surface area contributed by atoms with Crippen LogP contribution in [0.15, 0.2) is 11.1 Å². The summed E-state index contributed by atoms with van der Waals surface area (Å²) < 4.78 is 1.54. The van der Waals surface area contributed by atoms with Gasteiger partial charge in [-0.2, -0.15) is 0 Å². The maximum absolute atomic E-state index is 12.8. The van der Waals surface area contributed by atoms with E-state index in [0.717, 1.165) is 0 Å². The first-order valence-electron chi connectivity index (χ1n) is 7.97. The molecule has 0 aliphatic carbocycles. The van der Waals surface area contributed by atoms with Crippen molar-refractivity contribution in [2.45, 2.75) is 27.3 Å². The standard InChI is InChI=1S/C16H20N4O3S/c1-4-18-9-17-14-12(15(18)22)10(2)13(24-14)16(23)20-7-5-19(6-8-20)11(3)21/h9H,4-8H2,1-3H3. The lowest BCUT2D eigenvalue weighted by Crippen LogP contribution is -2.50. The van der Waals surface area contributed by atoms with Gasteiger partial charge < -0.3 is 9.80 Å². The molecular weight excluding hydrogens is 328 g/mol. The zero-order valence-corrected chi connectivity index (χ0v) is 14.9. The Morgan fingerprint density at radius 1 is 1.21 bits per heavy atom. The van der Waals surface area contributed by atoms with Crippen molar-refractivity contribution in [3.05, 3.63) is 27.1 Å². The van der Waals surface area contributed by atoms with Crippen LogP contribution in [-0.4, -0.2) is 57.3 Å². The summed E-state index contributed by atoms with van der Waals surface area (Å²) in [6.07, 6.45) is 1.53. The molecule has 128 valence electrons. The zero-order valence-electron chi connectivity index (χ0n) is 14.0. The Morgan fingerprint density at radius 3 is 2.42 bits per heavy atom. The lowest BCUT2D eigenvalue weighted by Gasteiger charge is -2.34. The molecule has 0 aromatic carbocycles. The number of amides is 2. The molecule has 2 aromatic heterocycles. The Kier molecular flexibility index (Phi) is 4.40. The topological polar surface area (TPSA) is 75.5 Å². The molecule has 0 N–H and O–H groups in total. The molecule has 1 aliphatic heterocycles. The van der Waals surface area contributed by atoms with Crippen molar-refractivity contribution >= 4 is 33.4 Å². The number of thiophene rings is 1. The number of carbonyl (C=O) groups excluding carboxylic acids is 2. The Hall–Kier alpha value is -2.22. The van der Waals surface area contributed by atoms with Crippen LogP contribution in [0.1, 0.15) is 29.1 Å². The van der Waals surface area contributed by atoms with E-state index in [1.807, 2.05) is 6.92 Å². The summed E-state index contributed by atoms with van der Waals surface area (Å²) in [4.78, 5) is 45.7. The first-order chi connectivity index (χ1) is 11.4. The van der Waals surface area contributed by atoms with Crippen molar-refractivity contribution in [1.82, 2.24) is 19.4 Å². The van der Waals surface area contributed by atoms with Crippen LogP contribution in [-0.2, 0) is 11.3 Å². The summed E-state index contributed by atoms with van der Waals surface area (Å²) >= 11 is 1.27. The smallest absolute Gasteiger partial charge is 0.264 e. The van der Waals surface area contributed by atoms with Crippen LogP contribution in [0.2, 0.25) is 0 Å². The highest BCUT2D eigenvalue weighted by Crippen LogP contribution is 2.28. The first kappa shape index (κ1) is 16.6. The number of aromatic nitrogens is 2. The molecule has 3 rings (SSSR count). The van der Waals surface area contributed by atoms with E-state index < -0.39 is 0 Å². The van der Waals surface area contributed by atoms with Gasteiger partial charge in [0.2, 0.25) is 5.91 Å². The molecule has 1 aliphatic rings. The highest BCUT2D eigenvalue weighted by atomic mass is 32.1. The van der Waals surface area contributed by atoms with Crippen LogP contribution in [0.3, 0.4) is 0 Å². The van der Waals surface area contributed by atoms with Crippen LogP contribution >= 0.6 is 11.3 Å². The molecular formula is C16H20N4O3S. The van der Waals surface area contributed by atoms with E-state index in [1.54, 1.807) is 21.3 Å². The fraction of sp³-hybridized carbons (Fsp3) is 0.500. The van der Waals surface area contributed by atoms with Crippen LogP contribution in [0.5, 0.6) is 0 Å². The number of carbonyl (C=O) groups is 2. The lowest BCUT2D eigenvalue weighted by molar-refractivity contribution is -0.130. The summed E-state index contributed by atoms with van der Waals surface area (Å²) in [6, 6.07) is 0. The summed E-state index contributed by atoms with van der Waals surface area (Å²) in [5.74, 6) is -0.0504. The number of fused-ring (bicyclic) bond motifs is 1. The van der Waals surface area contributed by atoms with E-state index >= 15 is 0 Å². The van der Waals surface area contributed by atoms with E-state index in [1.165, 1.54) is 24.6 Å². The number of rotatable bonds is 2. The van der Waals surface area contributed by atoms with Gasteiger partial charge in [0.05, 0.1) is 16.6 Å². The van der Waals surface area contributed by atoms with E-state index in [0.29, 0.717) is 53.4 Å². The maximum atomic E-state index is 12.8. The highest BCUT2D eigenvalue weighted by molar-refractivity contribution is 7.20. The number of hydrogen-bond acceptors (Lipinski definition) is 5. The van der Waals surface area contributed by atoms with Gasteiger partial charge in [0.25, 0.3) is 11.5 Å². The first-order valence-corrected chi connectivity index (χ1v) is 8.79. The van der Waals surface area contributed by atoms with Gasteiger partial charge in [-0.3, -0.25) is 19.0 Å². The second-order valence-corrected chi connectivity index (χ2v) is 6.87. The van der Waals surface area contributed by atoms with Crippen molar-refractivity contribution in [3.8, 4) is 0 Å². The van der Waals surface area contributed by atoms with Gasteiger partial charge in [0, 0.05) is 39.6 Å². The Labute approximate surface area is 143 Å². The molecule has 1 saturated heterocycles. The zero-order chi connectivity index (χ0) is 17.4. The number of aryl methyl sites for hydroxylation is 2. The van der Waals surface area contributed by atoms with Crippen molar-refractivity contribution in [3.63, 3.8) is 0 Å². The van der Waals surface area contributed by atoms with Crippen molar-refractivity contribution in [2.75, 3.05) is 26.2 Å². The van der Waals surface area contributed by atoms with E-state index in [-0.39, 0.29) is 17.4 Å². The predicted octanol–water partition coefficient (Wildman–Crippen LogP) is 1.09. The van der Waals surface area contributed by atoms with Gasteiger partial charge in [-0.25, -0.2) is 4.98 Å². The molecule has 0 saturated carbocycles. The van der Waals surface area contributed by atoms with E-state index in [2.05, 4.69) is 4.98 Å². The molecule has 0 atom stereocenters. The quantitative estimate of drug-likeness (QED) is 0.814. The summed E-state index contributed by atoms with van der Waals surface area (Å²) in [7, 11) is 0. The Morgan fingerprint density at radius 2 is 1.83 bits per heavy atom. The lowest BCUT2D eigenvalue weighted by atomic mass is 10.2. The van der Waals surface area contributed by atoms with Crippen LogP contribution < -0.4 is 5.56 Å². The Bertz CT molecular complexity index is 862. The number of hydrogen-bond donors (Lipinski definition) is 0. The predicted molar refractivity (Wildman–Crippen MR) is 92.4 cm³/mol. The molecule has 1 fully saturated rings. The molecule has 2 aromatic rings. The molecule has 7 nitrogen and oxygen atoms in total. The Balaban J connectivity index is 1.91.